The minimum absolute atomic E-state index is 0.221. The van der Waals surface area contributed by atoms with E-state index in [1.54, 1.807) is 30.8 Å². The summed E-state index contributed by atoms with van der Waals surface area (Å²) in [6, 6.07) is 4.65. The van der Waals surface area contributed by atoms with Crippen molar-refractivity contribution in [1.29, 1.82) is 0 Å². The van der Waals surface area contributed by atoms with Crippen LogP contribution in [0.5, 0.6) is 0 Å². The summed E-state index contributed by atoms with van der Waals surface area (Å²) in [5.74, 6) is 0. The number of thiazole rings is 1. The summed E-state index contributed by atoms with van der Waals surface area (Å²) in [5, 5.41) is 0. The summed E-state index contributed by atoms with van der Waals surface area (Å²) >= 11 is 1.41. The second kappa shape index (κ2) is 5.05. The van der Waals surface area contributed by atoms with Gasteiger partial charge < -0.3 is 5.73 Å². The third kappa shape index (κ3) is 2.87. The number of aryl methyl sites for hydroxylation is 1. The topological polar surface area (TPSA) is 85.1 Å². The van der Waals surface area contributed by atoms with Gasteiger partial charge in [-0.05, 0) is 30.7 Å². The molecule has 2 aromatic rings. The van der Waals surface area contributed by atoms with Gasteiger partial charge in [0.1, 0.15) is 0 Å². The summed E-state index contributed by atoms with van der Waals surface area (Å²) in [4.78, 5) is 4.98. The molecule has 0 amide bonds. The smallest absolute Gasteiger partial charge is 0.240 e. The molecule has 96 valence electrons. The summed E-state index contributed by atoms with van der Waals surface area (Å²) in [6.07, 6.45) is 1.64. The van der Waals surface area contributed by atoms with Crippen LogP contribution >= 0.6 is 11.3 Å². The Morgan fingerprint density at radius 3 is 2.83 bits per heavy atom. The van der Waals surface area contributed by atoms with Crippen molar-refractivity contribution in [2.45, 2.75) is 18.4 Å². The van der Waals surface area contributed by atoms with Crippen LogP contribution in [0.1, 0.15) is 10.4 Å². The third-order valence-electron chi connectivity index (χ3n) is 2.47. The Morgan fingerprint density at radius 2 is 2.22 bits per heavy atom. The van der Waals surface area contributed by atoms with Gasteiger partial charge >= 0.3 is 0 Å². The molecule has 0 aliphatic carbocycles. The van der Waals surface area contributed by atoms with Crippen LogP contribution in [-0.2, 0) is 16.6 Å². The number of nitrogen functional groups attached to an aromatic ring is 1. The lowest BCUT2D eigenvalue weighted by molar-refractivity contribution is 0.581. The number of hydrogen-bond donors (Lipinski definition) is 2. The quantitative estimate of drug-likeness (QED) is 0.833. The van der Waals surface area contributed by atoms with E-state index in [4.69, 9.17) is 5.73 Å². The highest BCUT2D eigenvalue weighted by atomic mass is 32.2. The average Bonchev–Trinajstić information content (AvgIpc) is 2.83. The van der Waals surface area contributed by atoms with Crippen molar-refractivity contribution < 1.29 is 8.42 Å². The number of hydrogen-bond acceptors (Lipinski definition) is 5. The van der Waals surface area contributed by atoms with Gasteiger partial charge in [-0.2, -0.15) is 0 Å². The van der Waals surface area contributed by atoms with Gasteiger partial charge in [-0.1, -0.05) is 0 Å². The number of aromatic nitrogens is 1. The first-order valence-corrected chi connectivity index (χ1v) is 7.58. The lowest BCUT2D eigenvalue weighted by Crippen LogP contribution is -2.22. The molecule has 0 unspecified atom stereocenters. The van der Waals surface area contributed by atoms with E-state index in [0.717, 1.165) is 10.4 Å². The Kier molecular flexibility index (Phi) is 3.65. The van der Waals surface area contributed by atoms with E-state index in [2.05, 4.69) is 9.71 Å². The van der Waals surface area contributed by atoms with Crippen molar-refractivity contribution in [2.24, 2.45) is 0 Å². The molecule has 0 saturated heterocycles. The molecule has 0 spiro atoms. The molecule has 0 aliphatic heterocycles. The van der Waals surface area contributed by atoms with E-state index in [1.807, 2.05) is 0 Å². The van der Waals surface area contributed by atoms with E-state index in [1.165, 1.54) is 17.4 Å². The zero-order valence-corrected chi connectivity index (χ0v) is 11.4. The zero-order chi connectivity index (χ0) is 13.2. The van der Waals surface area contributed by atoms with Gasteiger partial charge in [-0.25, -0.2) is 13.1 Å². The van der Waals surface area contributed by atoms with Gasteiger partial charge in [0.2, 0.25) is 10.0 Å². The number of nitrogens with zero attached hydrogens (tertiary/aromatic N) is 1. The number of benzene rings is 1. The molecule has 0 atom stereocenters. The van der Waals surface area contributed by atoms with Gasteiger partial charge in [0.25, 0.3) is 0 Å². The summed E-state index contributed by atoms with van der Waals surface area (Å²) in [5.41, 5.74) is 8.65. The van der Waals surface area contributed by atoms with E-state index in [0.29, 0.717) is 5.69 Å². The van der Waals surface area contributed by atoms with Gasteiger partial charge in [0, 0.05) is 23.3 Å². The summed E-state index contributed by atoms with van der Waals surface area (Å²) in [7, 11) is -3.50. The Morgan fingerprint density at radius 1 is 1.44 bits per heavy atom. The second-order valence-electron chi connectivity index (χ2n) is 3.81. The van der Waals surface area contributed by atoms with Crippen LogP contribution in [-0.4, -0.2) is 13.4 Å². The first-order chi connectivity index (χ1) is 8.49. The van der Waals surface area contributed by atoms with Crippen molar-refractivity contribution in [1.82, 2.24) is 9.71 Å². The number of rotatable bonds is 4. The molecule has 0 radical (unpaired) electrons. The van der Waals surface area contributed by atoms with E-state index in [9.17, 15) is 8.42 Å². The van der Waals surface area contributed by atoms with Crippen LogP contribution in [0.25, 0.3) is 0 Å². The lowest BCUT2D eigenvalue weighted by Gasteiger charge is -2.07. The molecule has 3 N–H and O–H groups in total. The molecule has 7 heteroatoms. The Hall–Kier alpha value is -1.44. The van der Waals surface area contributed by atoms with Gasteiger partial charge in [0.15, 0.2) is 0 Å². The maximum absolute atomic E-state index is 12.0. The number of nitrogens with two attached hydrogens (primary N) is 1. The fraction of sp³-hybridized carbons (Fsp3) is 0.182. The molecular formula is C11H13N3O2S2. The average molecular weight is 283 g/mol. The van der Waals surface area contributed by atoms with E-state index >= 15 is 0 Å². The second-order valence-corrected chi connectivity index (χ2v) is 6.55. The summed E-state index contributed by atoms with van der Waals surface area (Å²) < 4.78 is 26.6. The molecule has 1 aromatic heterocycles. The van der Waals surface area contributed by atoms with Crippen molar-refractivity contribution in [2.75, 3.05) is 5.73 Å². The van der Waals surface area contributed by atoms with Crippen LogP contribution in [0, 0.1) is 6.92 Å². The molecule has 5 nitrogen and oxygen atoms in total. The lowest BCUT2D eigenvalue weighted by atomic mass is 10.2. The molecule has 1 heterocycles. The van der Waals surface area contributed by atoms with Crippen LogP contribution in [0.4, 0.5) is 5.69 Å². The van der Waals surface area contributed by atoms with Crippen molar-refractivity contribution in [3.8, 4) is 0 Å². The summed E-state index contributed by atoms with van der Waals surface area (Å²) in [6.45, 7) is 2.02. The zero-order valence-electron chi connectivity index (χ0n) is 9.75. The largest absolute Gasteiger partial charge is 0.399 e. The van der Waals surface area contributed by atoms with Crippen molar-refractivity contribution in [3.63, 3.8) is 0 Å². The SMILES string of the molecule is Cc1cc(S(=O)(=O)NCc2cncs2)ccc1N. The normalized spacial score (nSPS) is 11.6. The van der Waals surface area contributed by atoms with Gasteiger partial charge in [0.05, 0.1) is 10.4 Å². The Bertz CT molecular complexity index is 636. The minimum atomic E-state index is -3.50. The molecule has 2 rings (SSSR count). The maximum atomic E-state index is 12.0. The first kappa shape index (κ1) is 13.0. The molecule has 0 aliphatic rings. The van der Waals surface area contributed by atoms with Crippen molar-refractivity contribution >= 4 is 27.0 Å². The predicted octanol–water partition coefficient (Wildman–Crippen LogP) is 1.51. The number of sulfonamides is 1. The van der Waals surface area contributed by atoms with Crippen LogP contribution in [0.3, 0.4) is 0 Å². The highest BCUT2D eigenvalue weighted by Crippen LogP contribution is 2.17. The molecular weight excluding hydrogens is 270 g/mol. The first-order valence-electron chi connectivity index (χ1n) is 5.22. The molecule has 1 aromatic carbocycles. The predicted molar refractivity (Wildman–Crippen MR) is 71.7 cm³/mol. The molecule has 0 saturated carbocycles. The van der Waals surface area contributed by atoms with Gasteiger partial charge in [-0.15, -0.1) is 11.3 Å². The number of nitrogens with one attached hydrogen (secondary N) is 1. The Labute approximate surface area is 110 Å². The fourth-order valence-electron chi connectivity index (χ4n) is 1.39. The highest BCUT2D eigenvalue weighted by molar-refractivity contribution is 7.89. The van der Waals surface area contributed by atoms with E-state index in [-0.39, 0.29) is 11.4 Å². The van der Waals surface area contributed by atoms with Crippen LogP contribution in [0.2, 0.25) is 0 Å². The van der Waals surface area contributed by atoms with Crippen LogP contribution < -0.4 is 10.5 Å². The van der Waals surface area contributed by atoms with Crippen LogP contribution in [0.15, 0.2) is 34.8 Å². The number of anilines is 1. The van der Waals surface area contributed by atoms with E-state index < -0.39 is 10.0 Å². The molecule has 0 fully saturated rings. The molecule has 18 heavy (non-hydrogen) atoms. The maximum Gasteiger partial charge on any atom is 0.240 e. The minimum Gasteiger partial charge on any atom is -0.399 e. The third-order valence-corrected chi connectivity index (χ3v) is 4.65. The fourth-order valence-corrected chi connectivity index (χ4v) is 3.11. The Balaban J connectivity index is 2.17. The van der Waals surface area contributed by atoms with Gasteiger partial charge in [-0.3, -0.25) is 4.98 Å². The molecule has 0 bridgehead atoms. The highest BCUT2D eigenvalue weighted by Gasteiger charge is 2.14. The standard InChI is InChI=1S/C11H13N3O2S2/c1-8-4-10(2-3-11(8)12)18(15,16)14-6-9-5-13-7-17-9/h2-5,7,14H,6,12H2,1H3. The van der Waals surface area contributed by atoms with Crippen molar-refractivity contribution in [3.05, 3.63) is 40.3 Å². The monoisotopic (exact) mass is 283 g/mol.